The van der Waals surface area contributed by atoms with E-state index in [2.05, 4.69) is 15.9 Å². The second-order valence-corrected chi connectivity index (χ2v) is 5.30. The Kier molecular flexibility index (Phi) is 3.91. The van der Waals surface area contributed by atoms with Gasteiger partial charge in [-0.2, -0.15) is 0 Å². The molecule has 0 aliphatic heterocycles. The van der Waals surface area contributed by atoms with Gasteiger partial charge in [-0.1, -0.05) is 30.1 Å². The van der Waals surface area contributed by atoms with Gasteiger partial charge >= 0.3 is 0 Å². The zero-order valence-electron chi connectivity index (χ0n) is 5.18. The Morgan fingerprint density at radius 1 is 1.80 bits per heavy atom. The van der Waals surface area contributed by atoms with Crippen LogP contribution in [0.2, 0.25) is 0 Å². The van der Waals surface area contributed by atoms with E-state index < -0.39 is 14.2 Å². The fourth-order valence-electron chi connectivity index (χ4n) is 0.500. The van der Waals surface area contributed by atoms with Crippen molar-refractivity contribution in [2.75, 3.05) is 0 Å². The molecule has 0 aromatic rings. The van der Waals surface area contributed by atoms with E-state index in [-0.39, 0.29) is 0 Å². The normalized spacial score (nSPS) is 14.8. The lowest BCUT2D eigenvalue weighted by atomic mass is 10.3. The second kappa shape index (κ2) is 3.74. The van der Waals surface area contributed by atoms with Crippen molar-refractivity contribution < 1.29 is 4.92 Å². The lowest BCUT2D eigenvalue weighted by Gasteiger charge is -2.14. The molecule has 1 unspecified atom stereocenters. The number of rotatable bonds is 3. The van der Waals surface area contributed by atoms with Gasteiger partial charge in [-0.05, 0) is 15.9 Å². The molecule has 0 aliphatic carbocycles. The number of alkyl halides is 3. The smallest absolute Gasteiger partial charge is 0.255 e. The van der Waals surface area contributed by atoms with Gasteiger partial charge in [0.05, 0.1) is 0 Å². The third-order valence-corrected chi connectivity index (χ3v) is 2.05. The summed E-state index contributed by atoms with van der Waals surface area (Å²) in [5.41, 5.74) is 0. The predicted molar refractivity (Wildman–Crippen MR) is 44.4 cm³/mol. The van der Waals surface area contributed by atoms with Crippen LogP contribution in [0.15, 0.2) is 0 Å². The monoisotopic (exact) mass is 249 g/mol. The van der Waals surface area contributed by atoms with Crippen LogP contribution in [0.4, 0.5) is 0 Å². The van der Waals surface area contributed by atoms with E-state index in [9.17, 15) is 10.1 Å². The van der Waals surface area contributed by atoms with Gasteiger partial charge in [0, 0.05) is 11.3 Å². The van der Waals surface area contributed by atoms with E-state index in [0.717, 1.165) is 0 Å². The standard InChI is InChI=1S/C4H6BrCl2NO2/c1-2-3(8(9)10)4(5,6)7/h3H,2H2,1H3. The van der Waals surface area contributed by atoms with Crippen molar-refractivity contribution in [3.8, 4) is 0 Å². The van der Waals surface area contributed by atoms with Gasteiger partial charge in [0.1, 0.15) is 0 Å². The summed E-state index contributed by atoms with van der Waals surface area (Å²) < 4.78 is -1.45. The number of hydrogen-bond acceptors (Lipinski definition) is 2. The number of nitro groups is 1. The molecule has 0 aromatic carbocycles. The Hall–Kier alpha value is 0.460. The van der Waals surface area contributed by atoms with Crippen molar-refractivity contribution in [2.24, 2.45) is 0 Å². The van der Waals surface area contributed by atoms with Crippen molar-refractivity contribution in [1.29, 1.82) is 0 Å². The van der Waals surface area contributed by atoms with Crippen LogP contribution >= 0.6 is 39.1 Å². The highest BCUT2D eigenvalue weighted by Gasteiger charge is 2.40. The van der Waals surface area contributed by atoms with Crippen LogP contribution in [0.3, 0.4) is 0 Å². The summed E-state index contributed by atoms with van der Waals surface area (Å²) in [4.78, 5) is 9.68. The minimum atomic E-state index is -1.45. The molecular formula is C4H6BrCl2NO2. The maximum absolute atomic E-state index is 10.2. The van der Waals surface area contributed by atoms with E-state index >= 15 is 0 Å². The predicted octanol–water partition coefficient (Wildman–Crippen LogP) is 2.57. The van der Waals surface area contributed by atoms with Crippen LogP contribution < -0.4 is 0 Å². The van der Waals surface area contributed by atoms with Gasteiger partial charge < -0.3 is 0 Å². The first kappa shape index (κ1) is 10.5. The van der Waals surface area contributed by atoms with Crippen molar-refractivity contribution in [3.05, 3.63) is 10.1 Å². The SMILES string of the molecule is CCC([N+](=O)[O-])C(Cl)(Cl)Br. The van der Waals surface area contributed by atoms with Gasteiger partial charge in [0.25, 0.3) is 6.04 Å². The highest BCUT2D eigenvalue weighted by Crippen LogP contribution is 2.35. The minimum Gasteiger partial charge on any atom is -0.264 e. The molecule has 0 radical (unpaired) electrons. The Bertz CT molecular complexity index is 136. The molecule has 0 bridgehead atoms. The largest absolute Gasteiger partial charge is 0.264 e. The number of hydrogen-bond donors (Lipinski definition) is 0. The molecule has 10 heavy (non-hydrogen) atoms. The number of nitrogens with zero attached hydrogens (tertiary/aromatic N) is 1. The van der Waals surface area contributed by atoms with Crippen molar-refractivity contribution in [1.82, 2.24) is 0 Å². The summed E-state index contributed by atoms with van der Waals surface area (Å²) in [6.45, 7) is 1.65. The van der Waals surface area contributed by atoms with E-state index in [4.69, 9.17) is 23.2 Å². The highest BCUT2D eigenvalue weighted by atomic mass is 79.9. The topological polar surface area (TPSA) is 43.1 Å². The molecule has 0 N–H and O–H groups in total. The van der Waals surface area contributed by atoms with Crippen molar-refractivity contribution in [3.63, 3.8) is 0 Å². The first-order valence-corrected chi connectivity index (χ1v) is 4.14. The van der Waals surface area contributed by atoms with Crippen molar-refractivity contribution in [2.45, 2.75) is 22.6 Å². The molecule has 0 saturated heterocycles. The van der Waals surface area contributed by atoms with Gasteiger partial charge in [-0.15, -0.1) is 0 Å². The summed E-state index contributed by atoms with van der Waals surface area (Å²) in [6, 6.07) is -0.962. The third-order valence-electron chi connectivity index (χ3n) is 1.02. The molecule has 0 aromatic heterocycles. The Labute approximate surface area is 77.0 Å². The maximum atomic E-state index is 10.2. The quantitative estimate of drug-likeness (QED) is 0.439. The lowest BCUT2D eigenvalue weighted by molar-refractivity contribution is -0.520. The molecule has 0 rings (SSSR count). The van der Waals surface area contributed by atoms with Crippen molar-refractivity contribution >= 4 is 39.1 Å². The Balaban J connectivity index is 4.22. The number of halogens is 3. The van der Waals surface area contributed by atoms with Gasteiger partial charge in [-0.25, -0.2) is 0 Å². The molecule has 0 spiro atoms. The van der Waals surface area contributed by atoms with E-state index in [0.29, 0.717) is 6.42 Å². The Morgan fingerprint density at radius 3 is 2.20 bits per heavy atom. The van der Waals surface area contributed by atoms with E-state index in [1.54, 1.807) is 6.92 Å². The first-order valence-electron chi connectivity index (χ1n) is 2.59. The van der Waals surface area contributed by atoms with Gasteiger partial charge in [-0.3, -0.25) is 10.1 Å². The molecule has 60 valence electrons. The summed E-state index contributed by atoms with van der Waals surface area (Å²) in [7, 11) is 0. The summed E-state index contributed by atoms with van der Waals surface area (Å²) in [5.74, 6) is 0. The Morgan fingerprint density at radius 2 is 2.20 bits per heavy atom. The zero-order chi connectivity index (χ0) is 8.36. The molecule has 0 heterocycles. The molecular weight excluding hydrogens is 245 g/mol. The fourth-order valence-corrected chi connectivity index (χ4v) is 1.46. The van der Waals surface area contributed by atoms with Crippen LogP contribution in [0.1, 0.15) is 13.3 Å². The van der Waals surface area contributed by atoms with Gasteiger partial charge in [0.2, 0.25) is 3.24 Å². The molecule has 3 nitrogen and oxygen atoms in total. The fraction of sp³-hybridized carbons (Fsp3) is 1.00. The van der Waals surface area contributed by atoms with Crippen LogP contribution in [0.25, 0.3) is 0 Å². The average Bonchev–Trinajstić information content (AvgIpc) is 1.60. The van der Waals surface area contributed by atoms with E-state index in [1.165, 1.54) is 0 Å². The molecule has 1 atom stereocenters. The van der Waals surface area contributed by atoms with Crippen LogP contribution in [0.5, 0.6) is 0 Å². The second-order valence-electron chi connectivity index (χ2n) is 1.75. The molecule has 0 aliphatic rings. The average molecular weight is 251 g/mol. The zero-order valence-corrected chi connectivity index (χ0v) is 8.28. The minimum absolute atomic E-state index is 0.297. The van der Waals surface area contributed by atoms with Gasteiger partial charge in [0.15, 0.2) is 0 Å². The van der Waals surface area contributed by atoms with E-state index in [1.807, 2.05) is 0 Å². The molecule has 0 saturated carbocycles. The third kappa shape index (κ3) is 3.03. The molecule has 0 fully saturated rings. The summed E-state index contributed by atoms with van der Waals surface area (Å²) in [5, 5.41) is 10.2. The van der Waals surface area contributed by atoms with Crippen LogP contribution in [-0.4, -0.2) is 14.2 Å². The van der Waals surface area contributed by atoms with Crippen LogP contribution in [-0.2, 0) is 0 Å². The lowest BCUT2D eigenvalue weighted by Crippen LogP contribution is -2.32. The molecule has 6 heteroatoms. The van der Waals surface area contributed by atoms with Crippen LogP contribution in [0, 0.1) is 10.1 Å². The first-order chi connectivity index (χ1) is 4.39. The maximum Gasteiger partial charge on any atom is 0.255 e. The summed E-state index contributed by atoms with van der Waals surface area (Å²) >= 11 is 13.7. The molecule has 0 amide bonds. The highest BCUT2D eigenvalue weighted by molar-refractivity contribution is 9.11. The summed E-state index contributed by atoms with van der Waals surface area (Å²) in [6.07, 6.45) is 0.297.